The third-order valence-corrected chi connectivity index (χ3v) is 3.53. The maximum Gasteiger partial charge on any atom is 0.118 e. The molecule has 2 rings (SSSR count). The van der Waals surface area contributed by atoms with Gasteiger partial charge in [0, 0.05) is 18.4 Å². The molecule has 1 atom stereocenters. The number of hydrogen-bond donors (Lipinski definition) is 1. The van der Waals surface area contributed by atoms with E-state index in [0.29, 0.717) is 6.04 Å². The van der Waals surface area contributed by atoms with Gasteiger partial charge in [-0.15, -0.1) is 0 Å². The van der Waals surface area contributed by atoms with Crippen LogP contribution in [0.15, 0.2) is 42.7 Å². The van der Waals surface area contributed by atoms with E-state index < -0.39 is 0 Å². The molecular weight excluding hydrogens is 248 g/mol. The van der Waals surface area contributed by atoms with Gasteiger partial charge in [-0.3, -0.25) is 4.98 Å². The maximum absolute atomic E-state index is 5.18. The van der Waals surface area contributed by atoms with E-state index in [1.54, 1.807) is 7.11 Å². The summed E-state index contributed by atoms with van der Waals surface area (Å²) in [5.74, 6) is 0.904. The minimum atomic E-state index is 0.338. The second-order valence-electron chi connectivity index (χ2n) is 5.02. The molecule has 106 valence electrons. The zero-order valence-electron chi connectivity index (χ0n) is 12.4. The molecule has 1 aromatic carbocycles. The molecule has 20 heavy (non-hydrogen) atoms. The Morgan fingerprint density at radius 2 is 1.95 bits per heavy atom. The lowest BCUT2D eigenvalue weighted by Gasteiger charge is -2.16. The second kappa shape index (κ2) is 7.06. The third-order valence-electron chi connectivity index (χ3n) is 3.53. The number of rotatable bonds is 6. The number of ether oxygens (including phenoxy) is 1. The molecule has 1 unspecified atom stereocenters. The van der Waals surface area contributed by atoms with Crippen molar-refractivity contribution in [3.63, 3.8) is 0 Å². The standard InChI is InChI=1S/C17H22N2O/c1-13-10-15(12-19-11-13)17(18-2)9-6-14-4-7-16(20-3)8-5-14/h4-5,7-8,10-12,17-18H,6,9H2,1-3H3. The number of hydrogen-bond acceptors (Lipinski definition) is 3. The molecule has 3 heteroatoms. The number of nitrogens with one attached hydrogen (secondary N) is 1. The quantitative estimate of drug-likeness (QED) is 0.874. The first-order valence-electron chi connectivity index (χ1n) is 6.94. The fraction of sp³-hybridized carbons (Fsp3) is 0.353. The van der Waals surface area contributed by atoms with E-state index in [0.717, 1.165) is 18.6 Å². The van der Waals surface area contributed by atoms with Gasteiger partial charge in [0.2, 0.25) is 0 Å². The van der Waals surface area contributed by atoms with Crippen LogP contribution in [0.5, 0.6) is 5.75 Å². The van der Waals surface area contributed by atoms with Gasteiger partial charge >= 0.3 is 0 Å². The summed E-state index contributed by atoms with van der Waals surface area (Å²) in [5.41, 5.74) is 3.78. The van der Waals surface area contributed by atoms with Crippen LogP contribution in [0.3, 0.4) is 0 Å². The largest absolute Gasteiger partial charge is 0.497 e. The molecule has 1 aromatic heterocycles. The Morgan fingerprint density at radius 3 is 2.55 bits per heavy atom. The lowest BCUT2D eigenvalue weighted by molar-refractivity contribution is 0.414. The summed E-state index contributed by atoms with van der Waals surface area (Å²) in [6, 6.07) is 10.8. The van der Waals surface area contributed by atoms with Gasteiger partial charge in [-0.05, 0) is 55.6 Å². The van der Waals surface area contributed by atoms with Crippen LogP contribution in [0.1, 0.15) is 29.2 Å². The highest BCUT2D eigenvalue weighted by molar-refractivity contribution is 5.27. The highest BCUT2D eigenvalue weighted by Crippen LogP contribution is 2.20. The Labute approximate surface area is 121 Å². The Balaban J connectivity index is 1.99. The van der Waals surface area contributed by atoms with Crippen molar-refractivity contribution in [1.29, 1.82) is 0 Å². The summed E-state index contributed by atoms with van der Waals surface area (Å²) in [7, 11) is 3.69. The molecule has 0 fully saturated rings. The highest BCUT2D eigenvalue weighted by Gasteiger charge is 2.10. The number of pyridine rings is 1. The van der Waals surface area contributed by atoms with Crippen LogP contribution in [-0.4, -0.2) is 19.1 Å². The van der Waals surface area contributed by atoms with Crippen LogP contribution < -0.4 is 10.1 Å². The smallest absolute Gasteiger partial charge is 0.118 e. The zero-order valence-corrected chi connectivity index (χ0v) is 12.4. The Morgan fingerprint density at radius 1 is 1.20 bits per heavy atom. The molecule has 0 aliphatic heterocycles. The topological polar surface area (TPSA) is 34.1 Å². The summed E-state index contributed by atoms with van der Waals surface area (Å²) in [4.78, 5) is 4.27. The number of nitrogens with zero attached hydrogens (tertiary/aromatic N) is 1. The van der Waals surface area contributed by atoms with Crippen LogP contribution in [0, 0.1) is 6.92 Å². The van der Waals surface area contributed by atoms with Gasteiger partial charge in [-0.2, -0.15) is 0 Å². The summed E-state index contributed by atoms with van der Waals surface area (Å²) < 4.78 is 5.18. The maximum atomic E-state index is 5.18. The van der Waals surface area contributed by atoms with Gasteiger partial charge in [0.25, 0.3) is 0 Å². The number of aryl methyl sites for hydroxylation is 2. The Kier molecular flexibility index (Phi) is 5.13. The van der Waals surface area contributed by atoms with Crippen LogP contribution in [0.25, 0.3) is 0 Å². The van der Waals surface area contributed by atoms with Crippen LogP contribution in [0.4, 0.5) is 0 Å². The molecule has 0 aliphatic carbocycles. The van der Waals surface area contributed by atoms with Crippen LogP contribution in [0.2, 0.25) is 0 Å². The van der Waals surface area contributed by atoms with E-state index in [2.05, 4.69) is 35.4 Å². The summed E-state index contributed by atoms with van der Waals surface area (Å²) in [5, 5.41) is 3.37. The molecule has 1 heterocycles. The Bertz CT molecular complexity index is 537. The average Bonchev–Trinajstić information content (AvgIpc) is 2.48. The molecule has 0 bridgehead atoms. The molecule has 0 amide bonds. The first kappa shape index (κ1) is 14.5. The highest BCUT2D eigenvalue weighted by atomic mass is 16.5. The molecular formula is C17H22N2O. The molecule has 0 spiro atoms. The van der Waals surface area contributed by atoms with E-state index in [4.69, 9.17) is 4.74 Å². The number of methoxy groups -OCH3 is 1. The SMILES string of the molecule is CNC(CCc1ccc(OC)cc1)c1cncc(C)c1. The zero-order chi connectivity index (χ0) is 14.4. The van der Waals surface area contributed by atoms with Crippen molar-refractivity contribution < 1.29 is 4.74 Å². The lowest BCUT2D eigenvalue weighted by Crippen LogP contribution is -2.17. The van der Waals surface area contributed by atoms with Gasteiger partial charge in [0.15, 0.2) is 0 Å². The average molecular weight is 270 g/mol. The third kappa shape index (κ3) is 3.81. The van der Waals surface area contributed by atoms with E-state index in [-0.39, 0.29) is 0 Å². The Hall–Kier alpha value is -1.87. The second-order valence-corrected chi connectivity index (χ2v) is 5.02. The van der Waals surface area contributed by atoms with E-state index >= 15 is 0 Å². The summed E-state index contributed by atoms with van der Waals surface area (Å²) in [6.07, 6.45) is 5.92. The van der Waals surface area contributed by atoms with Crippen molar-refractivity contribution in [2.75, 3.05) is 14.2 Å². The molecule has 0 saturated heterocycles. The molecule has 0 aliphatic rings. The van der Waals surface area contributed by atoms with Gasteiger partial charge in [-0.1, -0.05) is 18.2 Å². The fourth-order valence-corrected chi connectivity index (χ4v) is 2.35. The van der Waals surface area contributed by atoms with E-state index in [9.17, 15) is 0 Å². The molecule has 3 nitrogen and oxygen atoms in total. The molecule has 1 N–H and O–H groups in total. The van der Waals surface area contributed by atoms with Crippen molar-refractivity contribution >= 4 is 0 Å². The molecule has 0 saturated carbocycles. The first-order chi connectivity index (χ1) is 9.72. The predicted molar refractivity (Wildman–Crippen MR) is 82.1 cm³/mol. The number of benzene rings is 1. The minimum absolute atomic E-state index is 0.338. The van der Waals surface area contributed by atoms with Crippen LogP contribution in [-0.2, 0) is 6.42 Å². The fourth-order valence-electron chi connectivity index (χ4n) is 2.35. The molecule has 0 radical (unpaired) electrons. The normalized spacial score (nSPS) is 12.2. The van der Waals surface area contributed by atoms with Gasteiger partial charge < -0.3 is 10.1 Å². The summed E-state index contributed by atoms with van der Waals surface area (Å²) in [6.45, 7) is 2.08. The van der Waals surface area contributed by atoms with Crippen molar-refractivity contribution in [3.8, 4) is 5.75 Å². The lowest BCUT2D eigenvalue weighted by atomic mass is 9.99. The first-order valence-corrected chi connectivity index (χ1v) is 6.94. The molecule has 2 aromatic rings. The van der Waals surface area contributed by atoms with Gasteiger partial charge in [0.05, 0.1) is 7.11 Å². The van der Waals surface area contributed by atoms with Crippen molar-refractivity contribution in [2.24, 2.45) is 0 Å². The van der Waals surface area contributed by atoms with Crippen molar-refractivity contribution in [1.82, 2.24) is 10.3 Å². The van der Waals surface area contributed by atoms with Crippen molar-refractivity contribution in [3.05, 3.63) is 59.4 Å². The summed E-state index contributed by atoms with van der Waals surface area (Å²) >= 11 is 0. The van der Waals surface area contributed by atoms with E-state index in [1.165, 1.54) is 16.7 Å². The van der Waals surface area contributed by atoms with Gasteiger partial charge in [-0.25, -0.2) is 0 Å². The predicted octanol–water partition coefficient (Wildman–Crippen LogP) is 3.29. The minimum Gasteiger partial charge on any atom is -0.497 e. The van der Waals surface area contributed by atoms with E-state index in [1.807, 2.05) is 31.6 Å². The number of aromatic nitrogens is 1. The van der Waals surface area contributed by atoms with Crippen molar-refractivity contribution in [2.45, 2.75) is 25.8 Å². The van der Waals surface area contributed by atoms with Gasteiger partial charge in [0.1, 0.15) is 5.75 Å². The monoisotopic (exact) mass is 270 g/mol. The van der Waals surface area contributed by atoms with Crippen LogP contribution >= 0.6 is 0 Å².